The molecule has 1 heterocycles. The predicted molar refractivity (Wildman–Crippen MR) is 101 cm³/mol. The van der Waals surface area contributed by atoms with E-state index in [2.05, 4.69) is 17.4 Å². The molecule has 1 aromatic carbocycles. The molecule has 1 N–H and O–H groups in total. The highest BCUT2D eigenvalue weighted by atomic mass is 33.1. The molecule has 0 saturated carbocycles. The largest absolute Gasteiger partial charge is 0.497 e. The van der Waals surface area contributed by atoms with Crippen LogP contribution in [-0.2, 0) is 11.2 Å². The summed E-state index contributed by atoms with van der Waals surface area (Å²) in [5.74, 6) is 2.38. The van der Waals surface area contributed by atoms with Gasteiger partial charge in [0.2, 0.25) is 5.91 Å². The van der Waals surface area contributed by atoms with Crippen molar-refractivity contribution in [2.75, 3.05) is 19.4 Å². The molecule has 5 heteroatoms. The van der Waals surface area contributed by atoms with E-state index in [1.165, 1.54) is 30.6 Å². The van der Waals surface area contributed by atoms with Crippen LogP contribution in [0.2, 0.25) is 0 Å². The van der Waals surface area contributed by atoms with Gasteiger partial charge in [0.25, 0.3) is 0 Å². The first-order valence-corrected chi connectivity index (χ1v) is 10.8. The van der Waals surface area contributed by atoms with Crippen LogP contribution in [0.5, 0.6) is 5.75 Å². The van der Waals surface area contributed by atoms with Gasteiger partial charge in [-0.2, -0.15) is 0 Å². The molecule has 1 fully saturated rings. The van der Waals surface area contributed by atoms with Gasteiger partial charge in [0.1, 0.15) is 5.75 Å². The second-order valence-corrected chi connectivity index (χ2v) is 8.66. The lowest BCUT2D eigenvalue weighted by molar-refractivity contribution is -0.121. The molecular formula is C18H27NO2S2. The Bertz CT molecular complexity index is 459. The first-order chi connectivity index (χ1) is 11.3. The average Bonchev–Trinajstić information content (AvgIpc) is 3.09. The molecule has 0 spiro atoms. The van der Waals surface area contributed by atoms with E-state index in [-0.39, 0.29) is 5.91 Å². The Labute approximate surface area is 147 Å². The molecule has 23 heavy (non-hydrogen) atoms. The van der Waals surface area contributed by atoms with E-state index in [0.717, 1.165) is 36.8 Å². The number of carbonyl (C=O) groups is 1. The Morgan fingerprint density at radius 3 is 2.78 bits per heavy atom. The Morgan fingerprint density at radius 2 is 2.09 bits per heavy atom. The molecule has 0 aliphatic carbocycles. The number of hydrogen-bond acceptors (Lipinski definition) is 4. The van der Waals surface area contributed by atoms with E-state index >= 15 is 0 Å². The minimum absolute atomic E-state index is 0.202. The van der Waals surface area contributed by atoms with Crippen LogP contribution in [0, 0.1) is 0 Å². The molecule has 1 aliphatic rings. The molecule has 1 unspecified atom stereocenters. The third-order valence-electron chi connectivity index (χ3n) is 4.03. The first-order valence-electron chi connectivity index (χ1n) is 8.46. The van der Waals surface area contributed by atoms with Gasteiger partial charge in [-0.15, -0.1) is 0 Å². The van der Waals surface area contributed by atoms with Gasteiger partial charge in [-0.05, 0) is 49.8 Å². The average molecular weight is 354 g/mol. The summed E-state index contributed by atoms with van der Waals surface area (Å²) in [4.78, 5) is 11.8. The lowest BCUT2D eigenvalue weighted by Crippen LogP contribution is -2.24. The third kappa shape index (κ3) is 7.53. The third-order valence-corrected chi connectivity index (χ3v) is 7.04. The highest BCUT2D eigenvalue weighted by Crippen LogP contribution is 2.39. The van der Waals surface area contributed by atoms with Crippen LogP contribution in [0.15, 0.2) is 24.3 Å². The maximum absolute atomic E-state index is 11.8. The van der Waals surface area contributed by atoms with E-state index in [1.807, 2.05) is 33.7 Å². The van der Waals surface area contributed by atoms with E-state index in [1.54, 1.807) is 7.11 Å². The number of carbonyl (C=O) groups excluding carboxylic acids is 1. The molecule has 128 valence electrons. The lowest BCUT2D eigenvalue weighted by atomic mass is 10.1. The zero-order valence-corrected chi connectivity index (χ0v) is 15.5. The maximum Gasteiger partial charge on any atom is 0.219 e. The number of unbranched alkanes of at least 4 members (excludes halogenated alkanes) is 1. The van der Waals surface area contributed by atoms with Crippen LogP contribution in [0.4, 0.5) is 0 Å². The van der Waals surface area contributed by atoms with E-state index in [9.17, 15) is 4.79 Å². The van der Waals surface area contributed by atoms with Crippen molar-refractivity contribution in [3.63, 3.8) is 0 Å². The summed E-state index contributed by atoms with van der Waals surface area (Å²) in [7, 11) is 5.69. The van der Waals surface area contributed by atoms with Crippen LogP contribution >= 0.6 is 21.6 Å². The van der Waals surface area contributed by atoms with Crippen molar-refractivity contribution in [2.24, 2.45) is 0 Å². The molecule has 1 amide bonds. The van der Waals surface area contributed by atoms with Gasteiger partial charge in [-0.1, -0.05) is 40.1 Å². The second kappa shape index (κ2) is 10.9. The van der Waals surface area contributed by atoms with Crippen molar-refractivity contribution in [3.8, 4) is 5.75 Å². The summed E-state index contributed by atoms with van der Waals surface area (Å²) in [6.07, 6.45) is 7.45. The number of rotatable bonds is 10. The molecule has 0 radical (unpaired) electrons. The van der Waals surface area contributed by atoms with Crippen molar-refractivity contribution in [2.45, 2.75) is 50.2 Å². The lowest BCUT2D eigenvalue weighted by Gasteiger charge is -2.08. The Hall–Kier alpha value is -0.810. The van der Waals surface area contributed by atoms with Gasteiger partial charge in [0.15, 0.2) is 0 Å². The van der Waals surface area contributed by atoms with Crippen LogP contribution in [0.1, 0.15) is 44.1 Å². The fourth-order valence-corrected chi connectivity index (χ4v) is 5.65. The van der Waals surface area contributed by atoms with E-state index in [4.69, 9.17) is 4.74 Å². The minimum Gasteiger partial charge on any atom is -0.497 e. The van der Waals surface area contributed by atoms with Crippen molar-refractivity contribution in [3.05, 3.63) is 29.8 Å². The van der Waals surface area contributed by atoms with Crippen LogP contribution in [0.3, 0.4) is 0 Å². The summed E-state index contributed by atoms with van der Waals surface area (Å²) in [5.41, 5.74) is 1.28. The monoisotopic (exact) mass is 353 g/mol. The first kappa shape index (κ1) is 18.5. The number of methoxy groups -OCH3 is 1. The summed E-state index contributed by atoms with van der Waals surface area (Å²) >= 11 is 0. The Morgan fingerprint density at radius 1 is 1.26 bits per heavy atom. The summed E-state index contributed by atoms with van der Waals surface area (Å²) < 4.78 is 5.15. The van der Waals surface area contributed by atoms with Crippen molar-refractivity contribution in [1.82, 2.24) is 5.32 Å². The van der Waals surface area contributed by atoms with Gasteiger partial charge in [0, 0.05) is 24.0 Å². The van der Waals surface area contributed by atoms with E-state index in [0.29, 0.717) is 6.42 Å². The molecule has 0 bridgehead atoms. The fraction of sp³-hybridized carbons (Fsp3) is 0.611. The number of benzene rings is 1. The van der Waals surface area contributed by atoms with Crippen LogP contribution in [-0.4, -0.2) is 30.6 Å². The second-order valence-electron chi connectivity index (χ2n) is 5.88. The van der Waals surface area contributed by atoms with Gasteiger partial charge < -0.3 is 10.1 Å². The van der Waals surface area contributed by atoms with E-state index < -0.39 is 0 Å². The number of aryl methyl sites for hydroxylation is 1. The van der Waals surface area contributed by atoms with Crippen molar-refractivity contribution in [1.29, 1.82) is 0 Å². The molecule has 3 nitrogen and oxygen atoms in total. The molecule has 1 aromatic rings. The van der Waals surface area contributed by atoms with Gasteiger partial charge in [0.05, 0.1) is 7.11 Å². The summed E-state index contributed by atoms with van der Waals surface area (Å²) in [6, 6.07) is 8.13. The zero-order valence-electron chi connectivity index (χ0n) is 13.9. The van der Waals surface area contributed by atoms with Crippen molar-refractivity contribution >= 4 is 27.5 Å². The standard InChI is InChI=1S/C18H27NO2S2/c1-21-16-10-8-15(9-11-16)5-4-13-19-18(20)7-3-2-6-17-12-14-22-23-17/h8-11,17H,2-7,12-14H2,1H3,(H,19,20). The molecular weight excluding hydrogens is 326 g/mol. The quantitative estimate of drug-likeness (QED) is 0.498. The van der Waals surface area contributed by atoms with Gasteiger partial charge in [-0.25, -0.2) is 0 Å². The van der Waals surface area contributed by atoms with Gasteiger partial charge >= 0.3 is 0 Å². The maximum atomic E-state index is 11.8. The number of nitrogens with one attached hydrogen (secondary N) is 1. The minimum atomic E-state index is 0.202. The highest BCUT2D eigenvalue weighted by Gasteiger charge is 2.15. The Kier molecular flexibility index (Phi) is 8.76. The fourth-order valence-electron chi connectivity index (χ4n) is 2.62. The van der Waals surface area contributed by atoms with Crippen molar-refractivity contribution < 1.29 is 9.53 Å². The number of hydrogen-bond donors (Lipinski definition) is 1. The molecule has 1 atom stereocenters. The van der Waals surface area contributed by atoms with Crippen LogP contribution in [0.25, 0.3) is 0 Å². The van der Waals surface area contributed by atoms with Gasteiger partial charge in [-0.3, -0.25) is 4.79 Å². The normalized spacial score (nSPS) is 17.2. The topological polar surface area (TPSA) is 38.3 Å². The zero-order chi connectivity index (χ0) is 16.3. The number of amides is 1. The molecule has 2 rings (SSSR count). The SMILES string of the molecule is COc1ccc(CCCNC(=O)CCCCC2CCSS2)cc1. The smallest absolute Gasteiger partial charge is 0.219 e. The predicted octanol–water partition coefficient (Wildman–Crippen LogP) is 4.46. The molecule has 1 aliphatic heterocycles. The summed E-state index contributed by atoms with van der Waals surface area (Å²) in [6.45, 7) is 0.764. The van der Waals surface area contributed by atoms with Crippen LogP contribution < -0.4 is 10.1 Å². The molecule has 1 saturated heterocycles. The molecule has 0 aromatic heterocycles. The Balaban J connectivity index is 1.47. The highest BCUT2D eigenvalue weighted by molar-refractivity contribution is 8.77. The summed E-state index contributed by atoms with van der Waals surface area (Å²) in [5, 5.41) is 3.86. The number of ether oxygens (including phenoxy) is 1.